The van der Waals surface area contributed by atoms with Crippen LogP contribution in [0.25, 0.3) is 0 Å². The third kappa shape index (κ3) is 5.98. The molecule has 0 atom stereocenters. The van der Waals surface area contributed by atoms with Crippen molar-refractivity contribution in [3.8, 4) is 0 Å². The number of aryl methyl sites for hydroxylation is 1. The zero-order valence-corrected chi connectivity index (χ0v) is 16.5. The largest absolute Gasteiger partial charge is 0.343 e. The van der Waals surface area contributed by atoms with Gasteiger partial charge in [0.1, 0.15) is 0 Å². The first-order valence-electron chi connectivity index (χ1n) is 9.54. The van der Waals surface area contributed by atoms with Gasteiger partial charge in [0.05, 0.1) is 5.75 Å². The van der Waals surface area contributed by atoms with Crippen molar-refractivity contribution in [3.05, 3.63) is 46.4 Å². The number of thioether (sulfide) groups is 1. The van der Waals surface area contributed by atoms with E-state index in [9.17, 15) is 14.4 Å². The molecule has 2 aromatic rings. The summed E-state index contributed by atoms with van der Waals surface area (Å²) >= 11 is 1.13. The maximum atomic E-state index is 12.0. The molecule has 1 aliphatic carbocycles. The van der Waals surface area contributed by atoms with Crippen LogP contribution in [0.4, 0.5) is 4.79 Å². The van der Waals surface area contributed by atoms with Crippen LogP contribution in [0, 0.1) is 0 Å². The fourth-order valence-electron chi connectivity index (χ4n) is 3.26. The van der Waals surface area contributed by atoms with E-state index in [1.165, 1.54) is 11.0 Å². The molecule has 3 rings (SSSR count). The number of aromatic nitrogens is 3. The van der Waals surface area contributed by atoms with Gasteiger partial charge in [0.25, 0.3) is 0 Å². The zero-order valence-electron chi connectivity index (χ0n) is 15.6. The summed E-state index contributed by atoms with van der Waals surface area (Å²) in [7, 11) is 0. The number of hydrogen-bond acceptors (Lipinski definition) is 5. The standard InChI is InChI=1S/C19H25N5O3S/c25-16(21-17(26)20-15-9-5-2-6-10-15)13-28-19-23-22-18(27)24(19)12-11-14-7-3-1-4-8-14/h1,3-4,7-8,15H,2,5-6,9-13H2,(H,22,27)(H2,20,21,25,26). The summed E-state index contributed by atoms with van der Waals surface area (Å²) in [6.07, 6.45) is 6.01. The molecule has 0 saturated heterocycles. The molecule has 1 heterocycles. The van der Waals surface area contributed by atoms with Crippen LogP contribution in [0.2, 0.25) is 0 Å². The second kappa shape index (κ2) is 10.1. The van der Waals surface area contributed by atoms with Crippen molar-refractivity contribution in [2.75, 3.05) is 5.75 Å². The average Bonchev–Trinajstić information content (AvgIpc) is 3.06. The van der Waals surface area contributed by atoms with Gasteiger partial charge in [0.2, 0.25) is 5.91 Å². The summed E-state index contributed by atoms with van der Waals surface area (Å²) in [6.45, 7) is 0.464. The zero-order chi connectivity index (χ0) is 19.8. The highest BCUT2D eigenvalue weighted by atomic mass is 32.2. The average molecular weight is 404 g/mol. The van der Waals surface area contributed by atoms with Gasteiger partial charge < -0.3 is 5.32 Å². The fourth-order valence-corrected chi connectivity index (χ4v) is 4.03. The number of benzene rings is 1. The van der Waals surface area contributed by atoms with Crippen molar-refractivity contribution in [2.45, 2.75) is 56.3 Å². The quantitative estimate of drug-likeness (QED) is 0.613. The van der Waals surface area contributed by atoms with E-state index in [2.05, 4.69) is 20.8 Å². The van der Waals surface area contributed by atoms with Gasteiger partial charge in [-0.1, -0.05) is 61.4 Å². The predicted molar refractivity (Wildman–Crippen MR) is 107 cm³/mol. The number of H-pyrrole nitrogens is 1. The number of rotatable bonds is 7. The molecule has 0 spiro atoms. The molecule has 1 aromatic carbocycles. The first-order valence-corrected chi connectivity index (χ1v) is 10.5. The van der Waals surface area contributed by atoms with Gasteiger partial charge in [-0.2, -0.15) is 0 Å². The molecule has 9 heteroatoms. The van der Waals surface area contributed by atoms with Crippen molar-refractivity contribution in [3.63, 3.8) is 0 Å². The van der Waals surface area contributed by atoms with Gasteiger partial charge in [0, 0.05) is 12.6 Å². The maximum Gasteiger partial charge on any atom is 0.343 e. The van der Waals surface area contributed by atoms with Gasteiger partial charge >= 0.3 is 11.7 Å². The third-order valence-electron chi connectivity index (χ3n) is 4.72. The Balaban J connectivity index is 1.46. The number of imide groups is 1. The molecule has 1 saturated carbocycles. The molecule has 28 heavy (non-hydrogen) atoms. The SMILES string of the molecule is O=C(CSc1n[nH]c(=O)n1CCc1ccccc1)NC(=O)NC1CCCCC1. The summed E-state index contributed by atoms with van der Waals surface area (Å²) in [4.78, 5) is 36.0. The van der Waals surface area contributed by atoms with Crippen molar-refractivity contribution in [1.29, 1.82) is 0 Å². The Kier molecular flexibility index (Phi) is 7.30. The monoisotopic (exact) mass is 403 g/mol. The minimum Gasteiger partial charge on any atom is -0.335 e. The molecule has 1 aliphatic rings. The Hall–Kier alpha value is -2.55. The lowest BCUT2D eigenvalue weighted by atomic mass is 9.96. The first-order chi connectivity index (χ1) is 13.6. The topological polar surface area (TPSA) is 109 Å². The van der Waals surface area contributed by atoms with E-state index in [-0.39, 0.29) is 17.5 Å². The second-order valence-corrected chi connectivity index (χ2v) is 7.79. The first kappa shape index (κ1) is 20.2. The van der Waals surface area contributed by atoms with E-state index in [1.807, 2.05) is 30.3 Å². The van der Waals surface area contributed by atoms with Crippen molar-refractivity contribution in [1.82, 2.24) is 25.4 Å². The van der Waals surface area contributed by atoms with E-state index < -0.39 is 11.9 Å². The smallest absolute Gasteiger partial charge is 0.335 e. The summed E-state index contributed by atoms with van der Waals surface area (Å²) in [5.74, 6) is -0.406. The summed E-state index contributed by atoms with van der Waals surface area (Å²) in [5.41, 5.74) is 0.803. The van der Waals surface area contributed by atoms with Gasteiger partial charge in [-0.3, -0.25) is 14.7 Å². The molecule has 3 amide bonds. The van der Waals surface area contributed by atoms with Crippen LogP contribution in [0.3, 0.4) is 0 Å². The van der Waals surface area contributed by atoms with Crippen LogP contribution in [0.1, 0.15) is 37.7 Å². The predicted octanol–water partition coefficient (Wildman–Crippen LogP) is 2.06. The third-order valence-corrected chi connectivity index (χ3v) is 5.69. The summed E-state index contributed by atoms with van der Waals surface area (Å²) < 4.78 is 1.51. The molecule has 3 N–H and O–H groups in total. The number of hydrogen-bond donors (Lipinski definition) is 3. The highest BCUT2D eigenvalue weighted by Crippen LogP contribution is 2.17. The molecule has 0 radical (unpaired) electrons. The Morgan fingerprint density at radius 3 is 2.68 bits per heavy atom. The van der Waals surface area contributed by atoms with Crippen LogP contribution in [-0.2, 0) is 17.8 Å². The number of nitrogens with zero attached hydrogens (tertiary/aromatic N) is 2. The maximum absolute atomic E-state index is 12.0. The van der Waals surface area contributed by atoms with Crippen LogP contribution < -0.4 is 16.3 Å². The van der Waals surface area contributed by atoms with Crippen molar-refractivity contribution >= 4 is 23.7 Å². The number of aromatic amines is 1. The van der Waals surface area contributed by atoms with E-state index >= 15 is 0 Å². The lowest BCUT2D eigenvalue weighted by molar-refractivity contribution is -0.117. The molecule has 1 fully saturated rings. The summed E-state index contributed by atoms with van der Waals surface area (Å²) in [6, 6.07) is 9.52. The molecular weight excluding hydrogens is 378 g/mol. The van der Waals surface area contributed by atoms with E-state index in [0.717, 1.165) is 43.0 Å². The van der Waals surface area contributed by atoms with Crippen molar-refractivity contribution < 1.29 is 9.59 Å². The molecule has 1 aromatic heterocycles. The number of nitrogens with one attached hydrogen (secondary N) is 3. The van der Waals surface area contributed by atoms with Crippen LogP contribution in [0.5, 0.6) is 0 Å². The minimum absolute atomic E-state index is 0.00766. The minimum atomic E-state index is -0.457. The molecule has 0 unspecified atom stereocenters. The highest BCUT2D eigenvalue weighted by molar-refractivity contribution is 7.99. The van der Waals surface area contributed by atoms with E-state index in [4.69, 9.17) is 0 Å². The van der Waals surface area contributed by atoms with Gasteiger partial charge in [-0.25, -0.2) is 14.7 Å². The summed E-state index contributed by atoms with van der Waals surface area (Å²) in [5, 5.41) is 12.0. The Labute approximate surface area is 167 Å². The molecule has 0 bridgehead atoms. The van der Waals surface area contributed by atoms with Gasteiger partial charge in [0.15, 0.2) is 5.16 Å². The van der Waals surface area contributed by atoms with Crippen molar-refractivity contribution in [2.24, 2.45) is 0 Å². The number of urea groups is 1. The fraction of sp³-hybridized carbons (Fsp3) is 0.474. The Morgan fingerprint density at radius 1 is 1.18 bits per heavy atom. The normalized spacial score (nSPS) is 14.6. The molecule has 150 valence electrons. The van der Waals surface area contributed by atoms with Gasteiger partial charge in [-0.05, 0) is 24.8 Å². The molecular formula is C19H25N5O3S. The number of carbonyl (C=O) groups is 2. The lowest BCUT2D eigenvalue weighted by Gasteiger charge is -2.22. The van der Waals surface area contributed by atoms with Crippen LogP contribution in [-0.4, -0.2) is 38.5 Å². The van der Waals surface area contributed by atoms with E-state index in [1.54, 1.807) is 0 Å². The molecule has 8 nitrogen and oxygen atoms in total. The van der Waals surface area contributed by atoms with Crippen LogP contribution >= 0.6 is 11.8 Å². The second-order valence-electron chi connectivity index (χ2n) is 6.84. The Bertz CT molecular complexity index is 843. The van der Waals surface area contributed by atoms with Gasteiger partial charge in [-0.15, -0.1) is 5.10 Å². The Morgan fingerprint density at radius 2 is 1.93 bits per heavy atom. The number of carbonyl (C=O) groups excluding carboxylic acids is 2. The highest BCUT2D eigenvalue weighted by Gasteiger charge is 2.18. The lowest BCUT2D eigenvalue weighted by Crippen LogP contribution is -2.45. The van der Waals surface area contributed by atoms with E-state index in [0.29, 0.717) is 18.1 Å². The molecule has 0 aliphatic heterocycles. The number of amides is 3. The van der Waals surface area contributed by atoms with Crippen LogP contribution in [0.15, 0.2) is 40.3 Å².